The van der Waals surface area contributed by atoms with Crippen molar-refractivity contribution in [3.05, 3.63) is 53.1 Å². The normalized spacial score (nSPS) is 19.5. The number of benzene rings is 1. The maximum Gasteiger partial charge on any atom is 0.422 e. The Bertz CT molecular complexity index is 1590. The largest absolute Gasteiger partial charge is 0.460 e. The Balaban J connectivity index is 1.76. The van der Waals surface area contributed by atoms with Gasteiger partial charge < -0.3 is 39.4 Å². The summed E-state index contributed by atoms with van der Waals surface area (Å²) in [5, 5.41) is 15.1. The van der Waals surface area contributed by atoms with Gasteiger partial charge in [0.1, 0.15) is 23.9 Å². The average molecular weight is 825 g/mol. The number of halogens is 3. The molecule has 2 aliphatic rings. The van der Waals surface area contributed by atoms with Gasteiger partial charge in [0.05, 0.1) is 18.2 Å². The number of carbonyl (C=O) groups excluding carboxylic acids is 5. The van der Waals surface area contributed by atoms with E-state index in [9.17, 15) is 42.3 Å². The maximum atomic E-state index is 13.8. The third-order valence-corrected chi connectivity index (χ3v) is 9.35. The van der Waals surface area contributed by atoms with Crippen LogP contribution in [-0.2, 0) is 42.9 Å². The van der Waals surface area contributed by atoms with Gasteiger partial charge in [0.2, 0.25) is 11.8 Å². The Hall–Kier alpha value is -4.28. The van der Waals surface area contributed by atoms with E-state index in [-0.39, 0.29) is 48.9 Å². The van der Waals surface area contributed by atoms with E-state index in [4.69, 9.17) is 18.9 Å². The molecule has 1 heterocycles. The Morgan fingerprint density at radius 1 is 0.983 bits per heavy atom. The van der Waals surface area contributed by atoms with E-state index < -0.39 is 84.9 Å². The molecule has 0 radical (unpaired) electrons. The number of esters is 3. The molecule has 1 aliphatic heterocycles. The molecule has 1 saturated heterocycles. The molecule has 0 aromatic heterocycles. The topological polar surface area (TPSA) is 176 Å². The van der Waals surface area contributed by atoms with Crippen molar-refractivity contribution in [1.82, 2.24) is 10.6 Å². The second-order valence-electron chi connectivity index (χ2n) is 15.6. The molecular formula is C42H59F3N2O11. The lowest BCUT2D eigenvalue weighted by molar-refractivity contribution is -0.190. The van der Waals surface area contributed by atoms with Crippen molar-refractivity contribution < 1.29 is 65.9 Å². The molecule has 1 fully saturated rings. The first-order chi connectivity index (χ1) is 27.4. The number of aliphatic hydroxyl groups is 1. The molecule has 0 saturated carbocycles. The van der Waals surface area contributed by atoms with Gasteiger partial charge in [0.25, 0.3) is 0 Å². The highest BCUT2D eigenvalue weighted by molar-refractivity contribution is 5.97. The van der Waals surface area contributed by atoms with E-state index in [2.05, 4.69) is 29.2 Å². The van der Waals surface area contributed by atoms with Crippen LogP contribution in [0.2, 0.25) is 0 Å². The number of rotatable bonds is 22. The predicted octanol–water partition coefficient (Wildman–Crippen LogP) is 6.41. The van der Waals surface area contributed by atoms with Crippen molar-refractivity contribution in [1.29, 1.82) is 0 Å². The minimum atomic E-state index is -4.70. The van der Waals surface area contributed by atoms with Crippen LogP contribution >= 0.6 is 0 Å². The maximum absolute atomic E-state index is 13.8. The fraction of sp³-hybridized carbons (Fsp3) is 0.643. The molecule has 3 rings (SSSR count). The second-order valence-corrected chi connectivity index (χ2v) is 15.6. The number of fused-ring (bicyclic) bond motifs is 1. The number of hydrogen-bond donors (Lipinski definition) is 3. The highest BCUT2D eigenvalue weighted by Crippen LogP contribution is 2.43. The number of amides is 2. The van der Waals surface area contributed by atoms with Crippen LogP contribution in [0.4, 0.5) is 13.2 Å². The van der Waals surface area contributed by atoms with E-state index in [1.165, 1.54) is 12.1 Å². The summed E-state index contributed by atoms with van der Waals surface area (Å²) >= 11 is 0. The average Bonchev–Trinajstić information content (AvgIpc) is 3.52. The lowest BCUT2D eigenvalue weighted by Crippen LogP contribution is -2.44. The zero-order valence-electron chi connectivity index (χ0n) is 34.1. The smallest absolute Gasteiger partial charge is 0.422 e. The van der Waals surface area contributed by atoms with Gasteiger partial charge in [0.15, 0.2) is 12.4 Å². The summed E-state index contributed by atoms with van der Waals surface area (Å²) in [5.41, 5.74) is -0.233. The number of alkyl halides is 3. The molecule has 0 bridgehead atoms. The van der Waals surface area contributed by atoms with Gasteiger partial charge in [0, 0.05) is 50.3 Å². The van der Waals surface area contributed by atoms with Crippen molar-refractivity contribution >= 4 is 35.8 Å². The van der Waals surface area contributed by atoms with Crippen LogP contribution in [0.3, 0.4) is 0 Å². The second kappa shape index (κ2) is 22.8. The van der Waals surface area contributed by atoms with Gasteiger partial charge >= 0.3 is 24.1 Å². The third kappa shape index (κ3) is 16.5. The van der Waals surface area contributed by atoms with Crippen LogP contribution in [-0.4, -0.2) is 96.5 Å². The summed E-state index contributed by atoms with van der Waals surface area (Å²) in [6, 6.07) is 5.35. The van der Waals surface area contributed by atoms with E-state index in [0.717, 1.165) is 50.7 Å². The number of nitrogens with one attached hydrogen (secondary N) is 2. The van der Waals surface area contributed by atoms with Gasteiger partial charge in [-0.05, 0) is 63.8 Å². The van der Waals surface area contributed by atoms with E-state index >= 15 is 0 Å². The van der Waals surface area contributed by atoms with Crippen molar-refractivity contribution in [3.8, 4) is 0 Å². The zero-order valence-corrected chi connectivity index (χ0v) is 34.1. The Morgan fingerprint density at radius 2 is 1.66 bits per heavy atom. The summed E-state index contributed by atoms with van der Waals surface area (Å²) in [5.74, 6) is -4.48. The first-order valence-electron chi connectivity index (χ1n) is 20.1. The summed E-state index contributed by atoms with van der Waals surface area (Å²) in [7, 11) is 0. The lowest BCUT2D eigenvalue weighted by Gasteiger charge is -2.31. The van der Waals surface area contributed by atoms with Crippen molar-refractivity contribution in [2.24, 2.45) is 0 Å². The van der Waals surface area contributed by atoms with Gasteiger partial charge in [-0.3, -0.25) is 14.4 Å². The molecule has 3 N–H and O–H groups in total. The fourth-order valence-corrected chi connectivity index (χ4v) is 6.58. The molecule has 13 nitrogen and oxygen atoms in total. The zero-order chi connectivity index (χ0) is 42.9. The molecule has 324 valence electrons. The molecular weight excluding hydrogens is 765 g/mol. The molecule has 0 spiro atoms. The predicted molar refractivity (Wildman–Crippen MR) is 207 cm³/mol. The van der Waals surface area contributed by atoms with Gasteiger partial charge in [-0.25, -0.2) is 9.59 Å². The van der Waals surface area contributed by atoms with Gasteiger partial charge in [-0.15, -0.1) is 0 Å². The summed E-state index contributed by atoms with van der Waals surface area (Å²) in [4.78, 5) is 64.1. The van der Waals surface area contributed by atoms with Gasteiger partial charge in [-0.1, -0.05) is 57.7 Å². The Labute approximate surface area is 338 Å². The molecule has 2 amide bonds. The molecule has 1 aromatic carbocycles. The van der Waals surface area contributed by atoms with E-state index in [1.54, 1.807) is 39.0 Å². The van der Waals surface area contributed by atoms with Crippen molar-refractivity contribution in [2.45, 2.75) is 154 Å². The molecule has 16 heteroatoms. The molecule has 1 aromatic rings. The minimum absolute atomic E-state index is 0.00582. The first kappa shape index (κ1) is 48.1. The van der Waals surface area contributed by atoms with E-state index in [0.29, 0.717) is 12.8 Å². The van der Waals surface area contributed by atoms with Crippen LogP contribution in [0.5, 0.6) is 0 Å². The number of carbonyl (C=O) groups is 5. The number of unbranched alkanes of at least 4 members (excludes halogenated alkanes) is 4. The summed E-state index contributed by atoms with van der Waals surface area (Å²) < 4.78 is 66.4. The van der Waals surface area contributed by atoms with Crippen LogP contribution in [0, 0.1) is 0 Å². The highest BCUT2D eigenvalue weighted by Gasteiger charge is 2.52. The first-order valence-corrected chi connectivity index (χ1v) is 20.1. The van der Waals surface area contributed by atoms with Crippen LogP contribution < -0.4 is 10.6 Å². The molecule has 4 atom stereocenters. The lowest BCUT2D eigenvalue weighted by atomic mass is 9.91. The van der Waals surface area contributed by atoms with Gasteiger partial charge in [-0.2, -0.15) is 13.2 Å². The molecule has 1 aliphatic carbocycles. The SMILES string of the molecule is CCCCCC1(CCCCC)O[C@@H]2[C@@H](C=C(C(=O)NCCC(=O)N[C@H](CO)CCC(=O)OC(C)(C)C)C[C@H]2OC(=O)c2ccccc2C=CC(=O)OCC(F)(F)F)O1. The standard InChI is InChI=1S/C42H59F3N2O11/c1-6-8-12-21-41(22-13-9-7-2)56-33-25-29(38(52)46-23-20-34(49)47-30(26-48)17-19-36(51)57-40(3,4)5)24-32(37(33)58-41)55-39(53)31-15-11-10-14-28(31)16-18-35(50)54-27-42(43,44)45/h10-11,14-16,18,25,30,32-33,37,48H,6-9,12-13,17,19-24,26-27H2,1-5H3,(H,46,52)(H,47,49)/t30-,32+,33+,37-/m0/s1. The highest BCUT2D eigenvalue weighted by atomic mass is 19.4. The molecule has 58 heavy (non-hydrogen) atoms. The Morgan fingerprint density at radius 3 is 2.28 bits per heavy atom. The number of hydrogen-bond acceptors (Lipinski definition) is 11. The van der Waals surface area contributed by atoms with Crippen molar-refractivity contribution in [3.63, 3.8) is 0 Å². The van der Waals surface area contributed by atoms with Crippen molar-refractivity contribution in [2.75, 3.05) is 19.8 Å². The fourth-order valence-electron chi connectivity index (χ4n) is 6.58. The minimum Gasteiger partial charge on any atom is -0.460 e. The quantitative estimate of drug-likeness (QED) is 0.0510. The number of ether oxygens (including phenoxy) is 5. The number of aliphatic hydroxyl groups excluding tert-OH is 1. The van der Waals surface area contributed by atoms with Crippen LogP contribution in [0.1, 0.15) is 128 Å². The summed E-state index contributed by atoms with van der Waals surface area (Å²) in [6.45, 7) is 7.17. The monoisotopic (exact) mass is 824 g/mol. The van der Waals surface area contributed by atoms with Crippen LogP contribution in [0.15, 0.2) is 42.0 Å². The third-order valence-electron chi connectivity index (χ3n) is 9.35. The van der Waals surface area contributed by atoms with Crippen LogP contribution in [0.25, 0.3) is 6.08 Å². The Kier molecular flexibility index (Phi) is 18.9. The molecule has 0 unspecified atom stereocenters. The summed E-state index contributed by atoms with van der Waals surface area (Å²) in [6.07, 6.45) is 3.01. The van der Waals surface area contributed by atoms with E-state index in [1.807, 2.05) is 0 Å².